The average Bonchev–Trinajstić information content (AvgIpc) is 2.18. The van der Waals surface area contributed by atoms with E-state index >= 15 is 0 Å². The third kappa shape index (κ3) is 3.26. The normalized spacial score (nSPS) is 9.57. The van der Waals surface area contributed by atoms with E-state index in [-0.39, 0.29) is 5.91 Å². The van der Waals surface area contributed by atoms with E-state index in [1.165, 1.54) is 0 Å². The minimum Gasteiger partial charge on any atom is -0.497 e. The number of halogens is 1. The molecule has 76 valence electrons. The summed E-state index contributed by atoms with van der Waals surface area (Å²) < 4.78 is 5.02. The maximum Gasteiger partial charge on any atom is 0.225 e. The number of carbonyl (C=O) groups excluding carboxylic acids is 1. The van der Waals surface area contributed by atoms with Gasteiger partial charge in [0.15, 0.2) is 0 Å². The molecule has 0 radical (unpaired) electrons. The van der Waals surface area contributed by atoms with Gasteiger partial charge in [0.2, 0.25) is 5.91 Å². The van der Waals surface area contributed by atoms with Gasteiger partial charge in [-0.2, -0.15) is 0 Å². The lowest BCUT2D eigenvalue weighted by Gasteiger charge is -2.05. The maximum absolute atomic E-state index is 11.2. The molecule has 1 aromatic rings. The van der Waals surface area contributed by atoms with Crippen molar-refractivity contribution >= 4 is 23.2 Å². The predicted molar refractivity (Wildman–Crippen MR) is 57.0 cm³/mol. The van der Waals surface area contributed by atoms with Crippen LogP contribution in [0.15, 0.2) is 24.3 Å². The lowest BCUT2D eigenvalue weighted by molar-refractivity contribution is -0.115. The molecule has 1 rings (SSSR count). The minimum atomic E-state index is -0.0896. The van der Waals surface area contributed by atoms with Crippen LogP contribution in [0.3, 0.4) is 0 Å². The van der Waals surface area contributed by atoms with Gasteiger partial charge in [0.25, 0.3) is 0 Å². The van der Waals surface area contributed by atoms with Crippen LogP contribution in [0.5, 0.6) is 5.75 Å². The molecule has 1 amide bonds. The molecule has 0 heterocycles. The molecule has 0 aromatic heterocycles. The number of anilines is 1. The summed E-state index contributed by atoms with van der Waals surface area (Å²) >= 11 is 5.44. The second-order valence-electron chi connectivity index (χ2n) is 2.72. The number of methoxy groups -OCH3 is 1. The highest BCUT2D eigenvalue weighted by Gasteiger charge is 2.01. The Morgan fingerprint density at radius 1 is 1.57 bits per heavy atom. The Morgan fingerprint density at radius 2 is 2.36 bits per heavy atom. The van der Waals surface area contributed by atoms with Crippen molar-refractivity contribution in [1.29, 1.82) is 0 Å². The van der Waals surface area contributed by atoms with Gasteiger partial charge in [-0.15, -0.1) is 11.6 Å². The first-order valence-corrected chi connectivity index (χ1v) is 4.79. The summed E-state index contributed by atoms with van der Waals surface area (Å²) in [6.07, 6.45) is 0.318. The summed E-state index contributed by atoms with van der Waals surface area (Å²) in [6, 6.07) is 7.19. The molecule has 1 N–H and O–H groups in total. The SMILES string of the molecule is COc1cccc(NC(=O)CCCl)c1. The van der Waals surface area contributed by atoms with Crippen molar-refractivity contribution in [1.82, 2.24) is 0 Å². The molecular weight excluding hydrogens is 202 g/mol. The summed E-state index contributed by atoms with van der Waals surface area (Å²) in [5.74, 6) is 0.956. The molecule has 0 fully saturated rings. The molecule has 0 spiro atoms. The zero-order chi connectivity index (χ0) is 10.4. The molecule has 1 aromatic carbocycles. The summed E-state index contributed by atoms with van der Waals surface area (Å²) in [5, 5.41) is 2.71. The summed E-state index contributed by atoms with van der Waals surface area (Å²) in [6.45, 7) is 0. The predicted octanol–water partition coefficient (Wildman–Crippen LogP) is 2.26. The highest BCUT2D eigenvalue weighted by atomic mass is 35.5. The molecule has 0 aliphatic heterocycles. The van der Waals surface area contributed by atoms with Gasteiger partial charge in [-0.05, 0) is 12.1 Å². The molecule has 14 heavy (non-hydrogen) atoms. The fraction of sp³-hybridized carbons (Fsp3) is 0.300. The number of alkyl halides is 1. The van der Waals surface area contributed by atoms with Gasteiger partial charge < -0.3 is 10.1 Å². The van der Waals surface area contributed by atoms with E-state index in [0.29, 0.717) is 18.1 Å². The second-order valence-corrected chi connectivity index (χ2v) is 3.10. The lowest BCUT2D eigenvalue weighted by Crippen LogP contribution is -2.11. The van der Waals surface area contributed by atoms with Crippen LogP contribution in [-0.2, 0) is 4.79 Å². The zero-order valence-electron chi connectivity index (χ0n) is 7.92. The number of carbonyl (C=O) groups is 1. The highest BCUT2D eigenvalue weighted by molar-refractivity contribution is 6.19. The van der Waals surface area contributed by atoms with Gasteiger partial charge >= 0.3 is 0 Å². The number of rotatable bonds is 4. The van der Waals surface area contributed by atoms with E-state index in [2.05, 4.69) is 5.32 Å². The van der Waals surface area contributed by atoms with E-state index in [4.69, 9.17) is 16.3 Å². The van der Waals surface area contributed by atoms with E-state index in [0.717, 1.165) is 5.69 Å². The fourth-order valence-electron chi connectivity index (χ4n) is 1.01. The van der Waals surface area contributed by atoms with Crippen molar-refractivity contribution in [2.24, 2.45) is 0 Å². The highest BCUT2D eigenvalue weighted by Crippen LogP contribution is 2.16. The molecule has 4 heteroatoms. The molecular formula is C10H12ClNO2. The van der Waals surface area contributed by atoms with Crippen LogP contribution in [0.4, 0.5) is 5.69 Å². The molecule has 0 aliphatic rings. The third-order valence-electron chi connectivity index (χ3n) is 1.68. The molecule has 0 saturated carbocycles. The number of hydrogen-bond donors (Lipinski definition) is 1. The van der Waals surface area contributed by atoms with Crippen LogP contribution in [-0.4, -0.2) is 18.9 Å². The molecule has 3 nitrogen and oxygen atoms in total. The van der Waals surface area contributed by atoms with E-state index < -0.39 is 0 Å². The summed E-state index contributed by atoms with van der Waals surface area (Å²) in [4.78, 5) is 11.2. The van der Waals surface area contributed by atoms with Crippen LogP contribution in [0.2, 0.25) is 0 Å². The maximum atomic E-state index is 11.2. The fourth-order valence-corrected chi connectivity index (χ4v) is 1.18. The minimum absolute atomic E-state index is 0.0896. The van der Waals surface area contributed by atoms with Crippen molar-refractivity contribution < 1.29 is 9.53 Å². The summed E-state index contributed by atoms with van der Waals surface area (Å²) in [7, 11) is 1.58. The number of amides is 1. The van der Waals surface area contributed by atoms with Gasteiger partial charge in [-0.25, -0.2) is 0 Å². The Bertz CT molecular complexity index is 315. The lowest BCUT2D eigenvalue weighted by atomic mass is 10.3. The van der Waals surface area contributed by atoms with Crippen LogP contribution < -0.4 is 10.1 Å². The van der Waals surface area contributed by atoms with Gasteiger partial charge in [0, 0.05) is 24.1 Å². The van der Waals surface area contributed by atoms with E-state index in [9.17, 15) is 4.79 Å². The van der Waals surface area contributed by atoms with Gasteiger partial charge in [-0.1, -0.05) is 6.07 Å². The number of nitrogens with one attached hydrogen (secondary N) is 1. The van der Waals surface area contributed by atoms with Crippen molar-refractivity contribution in [2.45, 2.75) is 6.42 Å². The van der Waals surface area contributed by atoms with E-state index in [1.807, 2.05) is 12.1 Å². The van der Waals surface area contributed by atoms with Gasteiger partial charge in [-0.3, -0.25) is 4.79 Å². The van der Waals surface area contributed by atoms with Crippen LogP contribution in [0.1, 0.15) is 6.42 Å². The zero-order valence-corrected chi connectivity index (χ0v) is 8.67. The molecule has 0 aliphatic carbocycles. The van der Waals surface area contributed by atoms with Crippen LogP contribution in [0.25, 0.3) is 0 Å². The first-order valence-electron chi connectivity index (χ1n) is 4.26. The van der Waals surface area contributed by atoms with Gasteiger partial charge in [0.1, 0.15) is 5.75 Å². The Balaban J connectivity index is 2.62. The first kappa shape index (κ1) is 10.9. The van der Waals surface area contributed by atoms with Crippen LogP contribution in [0, 0.1) is 0 Å². The largest absolute Gasteiger partial charge is 0.497 e. The Labute approximate surface area is 88.0 Å². The smallest absolute Gasteiger partial charge is 0.225 e. The molecule has 0 atom stereocenters. The van der Waals surface area contributed by atoms with Crippen molar-refractivity contribution in [3.63, 3.8) is 0 Å². The topological polar surface area (TPSA) is 38.3 Å². The first-order chi connectivity index (χ1) is 6.76. The van der Waals surface area contributed by atoms with Crippen LogP contribution >= 0.6 is 11.6 Å². The third-order valence-corrected chi connectivity index (χ3v) is 1.86. The molecule has 0 saturated heterocycles. The Kier molecular flexibility index (Phi) is 4.26. The number of hydrogen-bond acceptors (Lipinski definition) is 2. The standard InChI is InChI=1S/C10H12ClNO2/c1-14-9-4-2-3-8(7-9)12-10(13)5-6-11/h2-4,7H,5-6H2,1H3,(H,12,13). The number of ether oxygens (including phenoxy) is 1. The molecule has 0 bridgehead atoms. The van der Waals surface area contributed by atoms with Gasteiger partial charge in [0.05, 0.1) is 7.11 Å². The van der Waals surface area contributed by atoms with Crippen molar-refractivity contribution in [3.05, 3.63) is 24.3 Å². The van der Waals surface area contributed by atoms with Crippen molar-refractivity contribution in [2.75, 3.05) is 18.3 Å². The monoisotopic (exact) mass is 213 g/mol. The quantitative estimate of drug-likeness (QED) is 0.780. The second kappa shape index (κ2) is 5.50. The Morgan fingerprint density at radius 3 is 3.00 bits per heavy atom. The van der Waals surface area contributed by atoms with Crippen molar-refractivity contribution in [3.8, 4) is 5.75 Å². The number of benzene rings is 1. The Hall–Kier alpha value is -1.22. The molecule has 0 unspecified atom stereocenters. The van der Waals surface area contributed by atoms with E-state index in [1.54, 1.807) is 19.2 Å². The average molecular weight is 214 g/mol. The summed E-state index contributed by atoms with van der Waals surface area (Å²) in [5.41, 5.74) is 0.722.